The van der Waals surface area contributed by atoms with Gasteiger partial charge in [-0.1, -0.05) is 29.8 Å². The third-order valence-electron chi connectivity index (χ3n) is 3.53. The van der Waals surface area contributed by atoms with Gasteiger partial charge in [0.1, 0.15) is 6.10 Å². The molecule has 0 saturated carbocycles. The first-order valence-corrected chi connectivity index (χ1v) is 7.65. The summed E-state index contributed by atoms with van der Waals surface area (Å²) >= 11 is 6.14. The van der Waals surface area contributed by atoms with E-state index in [0.29, 0.717) is 27.8 Å². The van der Waals surface area contributed by atoms with Gasteiger partial charge in [-0.2, -0.15) is 0 Å². The molecule has 2 rings (SSSR count). The fourth-order valence-corrected chi connectivity index (χ4v) is 2.59. The minimum Gasteiger partial charge on any atom is -0.493 e. The van der Waals surface area contributed by atoms with Gasteiger partial charge in [-0.3, -0.25) is 0 Å². The molecule has 0 aliphatic carbocycles. The van der Waals surface area contributed by atoms with Crippen molar-refractivity contribution in [3.05, 3.63) is 52.5 Å². The zero-order valence-electron chi connectivity index (χ0n) is 14.0. The van der Waals surface area contributed by atoms with Crippen LogP contribution in [0.25, 0.3) is 0 Å². The molecule has 0 heterocycles. The summed E-state index contributed by atoms with van der Waals surface area (Å²) in [4.78, 5) is 12.5. The molecule has 0 radical (unpaired) electrons. The highest BCUT2D eigenvalue weighted by molar-refractivity contribution is 6.31. The second kappa shape index (κ2) is 7.93. The molecule has 6 heteroatoms. The molecule has 0 spiro atoms. The van der Waals surface area contributed by atoms with Crippen LogP contribution in [0.3, 0.4) is 0 Å². The van der Waals surface area contributed by atoms with Crippen LogP contribution in [0.1, 0.15) is 28.9 Å². The molecule has 0 saturated heterocycles. The van der Waals surface area contributed by atoms with E-state index in [1.165, 1.54) is 21.3 Å². The maximum Gasteiger partial charge on any atom is 0.339 e. The lowest BCUT2D eigenvalue weighted by Gasteiger charge is -2.17. The molecule has 0 N–H and O–H groups in total. The molecule has 0 unspecified atom stereocenters. The van der Waals surface area contributed by atoms with Gasteiger partial charge in [-0.25, -0.2) is 4.79 Å². The van der Waals surface area contributed by atoms with Crippen molar-refractivity contribution in [3.8, 4) is 17.2 Å². The molecule has 128 valence electrons. The Morgan fingerprint density at radius 1 is 1.00 bits per heavy atom. The average molecular weight is 351 g/mol. The predicted octanol–water partition coefficient (Wildman–Crippen LogP) is 4.28. The first kappa shape index (κ1) is 17.9. The van der Waals surface area contributed by atoms with E-state index >= 15 is 0 Å². The number of hydrogen-bond acceptors (Lipinski definition) is 5. The van der Waals surface area contributed by atoms with E-state index in [4.69, 9.17) is 30.5 Å². The van der Waals surface area contributed by atoms with Gasteiger partial charge >= 0.3 is 5.97 Å². The Kier molecular flexibility index (Phi) is 5.93. The molecule has 24 heavy (non-hydrogen) atoms. The number of benzene rings is 2. The standard InChI is InChI=1S/C18H19ClO5/c1-11(13-7-5-6-8-14(13)19)24-18(20)12-9-15(21-2)17(23-4)16(10-12)22-3/h5-11H,1-4H3/t11-/m1/s1. The highest BCUT2D eigenvalue weighted by Crippen LogP contribution is 2.38. The average Bonchev–Trinajstić information content (AvgIpc) is 2.60. The lowest BCUT2D eigenvalue weighted by atomic mass is 10.1. The first-order chi connectivity index (χ1) is 11.5. The molecule has 0 fully saturated rings. The SMILES string of the molecule is COc1cc(C(=O)O[C@H](C)c2ccccc2Cl)cc(OC)c1OC. The number of halogens is 1. The van der Waals surface area contributed by atoms with Gasteiger partial charge in [0.25, 0.3) is 0 Å². The molecular weight excluding hydrogens is 332 g/mol. The molecule has 0 aliphatic rings. The van der Waals surface area contributed by atoms with E-state index in [9.17, 15) is 4.79 Å². The maximum absolute atomic E-state index is 12.5. The van der Waals surface area contributed by atoms with Crippen LogP contribution in [0.5, 0.6) is 17.2 Å². The largest absolute Gasteiger partial charge is 0.493 e. The van der Waals surface area contributed by atoms with Gasteiger partial charge in [0.15, 0.2) is 11.5 Å². The number of methoxy groups -OCH3 is 3. The van der Waals surface area contributed by atoms with E-state index in [0.717, 1.165) is 5.56 Å². The van der Waals surface area contributed by atoms with Crippen LogP contribution in [-0.2, 0) is 4.74 Å². The van der Waals surface area contributed by atoms with Crippen LogP contribution < -0.4 is 14.2 Å². The minimum atomic E-state index is -0.512. The molecule has 2 aromatic rings. The number of rotatable bonds is 6. The summed E-state index contributed by atoms with van der Waals surface area (Å²) in [5.41, 5.74) is 1.03. The quantitative estimate of drug-likeness (QED) is 0.728. The van der Waals surface area contributed by atoms with E-state index in [-0.39, 0.29) is 0 Å². The van der Waals surface area contributed by atoms with Crippen molar-refractivity contribution in [2.45, 2.75) is 13.0 Å². The zero-order valence-corrected chi connectivity index (χ0v) is 14.7. The van der Waals surface area contributed by atoms with Crippen LogP contribution in [0.2, 0.25) is 5.02 Å². The van der Waals surface area contributed by atoms with E-state index in [1.54, 1.807) is 25.1 Å². The van der Waals surface area contributed by atoms with Crippen molar-refractivity contribution in [2.24, 2.45) is 0 Å². The molecular formula is C18H19ClO5. The fourth-order valence-electron chi connectivity index (χ4n) is 2.30. The molecule has 2 aromatic carbocycles. The molecule has 0 bridgehead atoms. The van der Waals surface area contributed by atoms with E-state index < -0.39 is 12.1 Å². The summed E-state index contributed by atoms with van der Waals surface area (Å²) in [7, 11) is 4.47. The summed E-state index contributed by atoms with van der Waals surface area (Å²) in [6.07, 6.45) is -0.495. The Bertz CT molecular complexity index is 704. The summed E-state index contributed by atoms with van der Waals surface area (Å²) < 4.78 is 21.2. The second-order valence-corrected chi connectivity index (χ2v) is 5.39. The monoisotopic (exact) mass is 350 g/mol. The number of esters is 1. The van der Waals surface area contributed by atoms with Crippen molar-refractivity contribution < 1.29 is 23.7 Å². The lowest BCUT2D eigenvalue weighted by Crippen LogP contribution is -2.10. The topological polar surface area (TPSA) is 54.0 Å². The molecule has 0 aliphatic heterocycles. The van der Waals surface area contributed by atoms with E-state index in [2.05, 4.69) is 0 Å². The third kappa shape index (κ3) is 3.74. The molecule has 1 atom stereocenters. The first-order valence-electron chi connectivity index (χ1n) is 7.27. The number of carbonyl (C=O) groups excluding carboxylic acids is 1. The van der Waals surface area contributed by atoms with Crippen LogP contribution in [0.15, 0.2) is 36.4 Å². The van der Waals surface area contributed by atoms with Crippen molar-refractivity contribution in [1.82, 2.24) is 0 Å². The van der Waals surface area contributed by atoms with Crippen LogP contribution >= 0.6 is 11.6 Å². The predicted molar refractivity (Wildman–Crippen MR) is 91.4 cm³/mol. The highest BCUT2D eigenvalue weighted by atomic mass is 35.5. The fraction of sp³-hybridized carbons (Fsp3) is 0.278. The van der Waals surface area contributed by atoms with Gasteiger partial charge in [-0.15, -0.1) is 0 Å². The Balaban J connectivity index is 2.28. The van der Waals surface area contributed by atoms with Gasteiger partial charge in [-0.05, 0) is 25.1 Å². The van der Waals surface area contributed by atoms with Crippen molar-refractivity contribution in [2.75, 3.05) is 21.3 Å². The minimum absolute atomic E-state index is 0.295. The van der Waals surface area contributed by atoms with Gasteiger partial charge in [0, 0.05) is 10.6 Å². The summed E-state index contributed by atoms with van der Waals surface area (Å²) in [6, 6.07) is 10.3. The van der Waals surface area contributed by atoms with Crippen LogP contribution in [0, 0.1) is 0 Å². The van der Waals surface area contributed by atoms with Crippen LogP contribution in [-0.4, -0.2) is 27.3 Å². The Morgan fingerprint density at radius 2 is 1.58 bits per heavy atom. The van der Waals surface area contributed by atoms with Crippen molar-refractivity contribution in [1.29, 1.82) is 0 Å². The summed E-state index contributed by atoms with van der Waals surface area (Å²) in [5, 5.41) is 0.544. The normalized spacial score (nSPS) is 11.5. The number of hydrogen-bond donors (Lipinski definition) is 0. The molecule has 0 aromatic heterocycles. The number of ether oxygens (including phenoxy) is 4. The summed E-state index contributed by atoms with van der Waals surface area (Å²) in [6.45, 7) is 1.76. The Hall–Kier alpha value is -2.40. The molecule has 0 amide bonds. The highest BCUT2D eigenvalue weighted by Gasteiger charge is 2.20. The Morgan fingerprint density at radius 3 is 2.08 bits per heavy atom. The smallest absolute Gasteiger partial charge is 0.339 e. The van der Waals surface area contributed by atoms with Crippen molar-refractivity contribution in [3.63, 3.8) is 0 Å². The van der Waals surface area contributed by atoms with Crippen LogP contribution in [0.4, 0.5) is 0 Å². The zero-order chi connectivity index (χ0) is 17.7. The van der Waals surface area contributed by atoms with Gasteiger partial charge < -0.3 is 18.9 Å². The lowest BCUT2D eigenvalue weighted by molar-refractivity contribution is 0.0337. The summed E-state index contributed by atoms with van der Waals surface area (Å²) in [5.74, 6) is 0.667. The molecule has 5 nitrogen and oxygen atoms in total. The Labute approximate surface area is 146 Å². The van der Waals surface area contributed by atoms with Gasteiger partial charge in [0.2, 0.25) is 5.75 Å². The van der Waals surface area contributed by atoms with Crippen molar-refractivity contribution >= 4 is 17.6 Å². The third-order valence-corrected chi connectivity index (χ3v) is 3.87. The maximum atomic E-state index is 12.5. The van der Waals surface area contributed by atoms with Gasteiger partial charge in [0.05, 0.1) is 26.9 Å². The number of carbonyl (C=O) groups is 1. The second-order valence-electron chi connectivity index (χ2n) is 4.98. The van der Waals surface area contributed by atoms with E-state index in [1.807, 2.05) is 18.2 Å².